The largest absolute Gasteiger partial charge is 0.481 e. The molecule has 0 rings (SSSR count). The minimum Gasteiger partial charge on any atom is -0.481 e. The fourth-order valence-electron chi connectivity index (χ4n) is 2.54. The van der Waals surface area contributed by atoms with Crippen LogP contribution >= 0.6 is 0 Å². The smallest absolute Gasteiger partial charge is 0.333 e. The summed E-state index contributed by atoms with van der Waals surface area (Å²) in [7, 11) is 2.14. The molecule has 0 bridgehead atoms. The first-order chi connectivity index (χ1) is 15.4. The number of carboxylic acid groups (broad SMARTS) is 4. The Bertz CT molecular complexity index is 668. The maximum Gasteiger partial charge on any atom is 0.333 e. The van der Waals surface area contributed by atoms with Crippen molar-refractivity contribution in [2.45, 2.75) is 37.5 Å². The van der Waals surface area contributed by atoms with Crippen molar-refractivity contribution >= 4 is 35.8 Å². The van der Waals surface area contributed by atoms with Crippen LogP contribution in [0, 0.1) is 0 Å². The summed E-state index contributed by atoms with van der Waals surface area (Å²) in [5, 5.41) is 35.6. The second-order valence-electron chi connectivity index (χ2n) is 6.45. The van der Waals surface area contributed by atoms with Crippen molar-refractivity contribution in [2.24, 2.45) is 0 Å². The van der Waals surface area contributed by atoms with Gasteiger partial charge in [0.2, 0.25) is 0 Å². The molecule has 0 spiro atoms. The minimum absolute atomic E-state index is 0.222. The van der Waals surface area contributed by atoms with E-state index in [4.69, 9.17) is 29.9 Å². The number of rotatable bonds is 18. The summed E-state index contributed by atoms with van der Waals surface area (Å²) >= 11 is 0. The van der Waals surface area contributed by atoms with Gasteiger partial charge in [0.05, 0.1) is 46.7 Å². The van der Waals surface area contributed by atoms with Crippen LogP contribution in [0.5, 0.6) is 0 Å². The van der Waals surface area contributed by atoms with Crippen LogP contribution in [0.2, 0.25) is 0 Å². The molecule has 0 saturated heterocycles. The van der Waals surface area contributed by atoms with Gasteiger partial charge in [-0.2, -0.15) is 0 Å². The molecule has 188 valence electrons. The predicted molar refractivity (Wildman–Crippen MR) is 103 cm³/mol. The highest BCUT2D eigenvalue weighted by molar-refractivity contribution is 5.82. The molecule has 0 aliphatic carbocycles. The average molecular weight is 481 g/mol. The first-order valence-corrected chi connectivity index (χ1v) is 9.43. The molecule has 33 heavy (non-hydrogen) atoms. The maximum absolute atomic E-state index is 12.2. The predicted octanol–water partition coefficient (Wildman–Crippen LogP) is -1.72. The lowest BCUT2D eigenvalue weighted by Crippen LogP contribution is -2.47. The van der Waals surface area contributed by atoms with Crippen molar-refractivity contribution in [1.82, 2.24) is 4.90 Å². The SMILES string of the molecule is COC(=O)C[C@@H](C(=O)OC)N(CCO[C@@H](CC(=O)O)C(=O)O)CCO[C@@H](CC(=O)O)C(=O)O. The van der Waals surface area contributed by atoms with Gasteiger partial charge >= 0.3 is 35.8 Å². The summed E-state index contributed by atoms with van der Waals surface area (Å²) in [5.74, 6) is -7.54. The molecule has 0 aromatic rings. The Kier molecular flexibility index (Phi) is 13.9. The number of carbonyl (C=O) groups is 6. The van der Waals surface area contributed by atoms with Crippen LogP contribution in [0.4, 0.5) is 0 Å². The lowest BCUT2D eigenvalue weighted by atomic mass is 10.1. The van der Waals surface area contributed by atoms with Gasteiger partial charge in [-0.15, -0.1) is 0 Å². The molecule has 0 radical (unpaired) electrons. The van der Waals surface area contributed by atoms with Gasteiger partial charge in [0.25, 0.3) is 0 Å². The number of nitrogens with zero attached hydrogens (tertiary/aromatic N) is 1. The summed E-state index contributed by atoms with van der Waals surface area (Å²) in [6, 6.07) is -1.26. The van der Waals surface area contributed by atoms with E-state index in [1.54, 1.807) is 0 Å². The van der Waals surface area contributed by atoms with Gasteiger partial charge in [0, 0.05) is 13.1 Å². The lowest BCUT2D eigenvalue weighted by Gasteiger charge is -2.29. The van der Waals surface area contributed by atoms with Crippen LogP contribution < -0.4 is 0 Å². The molecule has 0 saturated carbocycles. The zero-order valence-corrected chi connectivity index (χ0v) is 18.0. The third-order valence-electron chi connectivity index (χ3n) is 4.17. The Morgan fingerprint density at radius 1 is 0.697 bits per heavy atom. The fraction of sp³-hybridized carbons (Fsp3) is 0.667. The zero-order chi connectivity index (χ0) is 25.6. The Balaban J connectivity index is 5.41. The van der Waals surface area contributed by atoms with Gasteiger partial charge in [-0.3, -0.25) is 24.1 Å². The van der Waals surface area contributed by atoms with Gasteiger partial charge in [0.1, 0.15) is 6.04 Å². The van der Waals surface area contributed by atoms with Gasteiger partial charge in [0.15, 0.2) is 12.2 Å². The van der Waals surface area contributed by atoms with E-state index < -0.39 is 86.5 Å². The van der Waals surface area contributed by atoms with Crippen LogP contribution in [0.25, 0.3) is 0 Å². The van der Waals surface area contributed by atoms with Crippen molar-refractivity contribution in [3.63, 3.8) is 0 Å². The minimum atomic E-state index is -1.68. The van der Waals surface area contributed by atoms with Crippen LogP contribution in [-0.4, -0.2) is 120 Å². The van der Waals surface area contributed by atoms with Gasteiger partial charge < -0.3 is 39.4 Å². The fourth-order valence-corrected chi connectivity index (χ4v) is 2.54. The monoisotopic (exact) mass is 481 g/mol. The van der Waals surface area contributed by atoms with E-state index in [2.05, 4.69) is 9.47 Å². The summed E-state index contributed by atoms with van der Waals surface area (Å²) in [6.45, 7) is -1.23. The molecular weight excluding hydrogens is 454 g/mol. The van der Waals surface area contributed by atoms with Gasteiger partial charge in [-0.1, -0.05) is 0 Å². The Morgan fingerprint density at radius 2 is 1.12 bits per heavy atom. The first kappa shape index (κ1) is 29.7. The van der Waals surface area contributed by atoms with Crippen molar-refractivity contribution in [1.29, 1.82) is 0 Å². The van der Waals surface area contributed by atoms with Crippen molar-refractivity contribution in [3.8, 4) is 0 Å². The number of hydrogen-bond acceptors (Lipinski definition) is 11. The molecule has 0 unspecified atom stereocenters. The molecule has 15 nitrogen and oxygen atoms in total. The van der Waals surface area contributed by atoms with Crippen LogP contribution in [-0.2, 0) is 47.7 Å². The number of hydrogen-bond donors (Lipinski definition) is 4. The topological polar surface area (TPSA) is 223 Å². The summed E-state index contributed by atoms with van der Waals surface area (Å²) in [4.78, 5) is 69.0. The van der Waals surface area contributed by atoms with Crippen molar-refractivity contribution < 1.29 is 68.1 Å². The highest BCUT2D eigenvalue weighted by Crippen LogP contribution is 2.10. The molecular formula is C18H27NO14. The van der Waals surface area contributed by atoms with Crippen molar-refractivity contribution in [3.05, 3.63) is 0 Å². The van der Waals surface area contributed by atoms with E-state index in [1.807, 2.05) is 0 Å². The van der Waals surface area contributed by atoms with E-state index in [0.717, 1.165) is 14.2 Å². The number of ether oxygens (including phenoxy) is 4. The molecule has 0 aromatic carbocycles. The van der Waals surface area contributed by atoms with E-state index in [9.17, 15) is 28.8 Å². The third-order valence-corrected chi connectivity index (χ3v) is 4.17. The second-order valence-corrected chi connectivity index (χ2v) is 6.45. The highest BCUT2D eigenvalue weighted by Gasteiger charge is 2.31. The molecule has 0 aliphatic heterocycles. The zero-order valence-electron chi connectivity index (χ0n) is 18.0. The number of esters is 2. The maximum atomic E-state index is 12.2. The summed E-state index contributed by atoms with van der Waals surface area (Å²) in [6.07, 6.45) is -5.49. The number of aliphatic carboxylic acids is 4. The first-order valence-electron chi connectivity index (χ1n) is 9.43. The molecule has 0 aromatic heterocycles. The summed E-state index contributed by atoms with van der Waals surface area (Å²) in [5.41, 5.74) is 0. The van der Waals surface area contributed by atoms with Gasteiger partial charge in [-0.25, -0.2) is 9.59 Å². The van der Waals surface area contributed by atoms with E-state index in [-0.39, 0.29) is 13.1 Å². The number of carboxylic acids is 4. The Hall–Kier alpha value is -3.30. The van der Waals surface area contributed by atoms with Crippen LogP contribution in [0.15, 0.2) is 0 Å². The van der Waals surface area contributed by atoms with E-state index in [0.29, 0.717) is 0 Å². The standard InChI is InChI=1S/C18H27NO14/c1-30-15(24)7-10(18(29)31-2)19(3-5-32-11(16(25)26)8-13(20)21)4-6-33-12(17(27)28)9-14(22)23/h10-12H,3-9H2,1-2H3,(H,20,21)(H,22,23)(H,25,26)(H,27,28)/t10-,11-,12-/m0/s1. The molecule has 4 N–H and O–H groups in total. The number of carbonyl (C=O) groups excluding carboxylic acids is 2. The van der Waals surface area contributed by atoms with E-state index >= 15 is 0 Å². The Morgan fingerprint density at radius 3 is 1.42 bits per heavy atom. The van der Waals surface area contributed by atoms with Crippen LogP contribution in [0.3, 0.4) is 0 Å². The van der Waals surface area contributed by atoms with Gasteiger partial charge in [-0.05, 0) is 0 Å². The highest BCUT2D eigenvalue weighted by atomic mass is 16.5. The lowest BCUT2D eigenvalue weighted by molar-refractivity contribution is -0.160. The molecule has 0 amide bonds. The van der Waals surface area contributed by atoms with Crippen LogP contribution in [0.1, 0.15) is 19.3 Å². The average Bonchev–Trinajstić information content (AvgIpc) is 2.73. The van der Waals surface area contributed by atoms with E-state index in [1.165, 1.54) is 4.90 Å². The molecule has 0 heterocycles. The van der Waals surface area contributed by atoms with Crippen molar-refractivity contribution in [2.75, 3.05) is 40.5 Å². The quantitative estimate of drug-likeness (QED) is 0.160. The molecule has 3 atom stereocenters. The Labute approximate surface area is 187 Å². The molecule has 0 aliphatic rings. The number of methoxy groups -OCH3 is 2. The summed E-state index contributed by atoms with van der Waals surface area (Å²) < 4.78 is 19.3. The second kappa shape index (κ2) is 15.5. The molecule has 0 fully saturated rings. The molecule has 15 heteroatoms. The third kappa shape index (κ3) is 12.4. The normalized spacial score (nSPS) is 13.5.